The second-order valence-corrected chi connectivity index (χ2v) is 8.30. The molecule has 162 valence electrons. The van der Waals surface area contributed by atoms with E-state index in [1.54, 1.807) is 37.3 Å². The summed E-state index contributed by atoms with van der Waals surface area (Å²) >= 11 is 0. The number of imide groups is 1. The minimum absolute atomic E-state index is 0.341. The molecule has 8 heteroatoms. The quantitative estimate of drug-likeness (QED) is 0.697. The van der Waals surface area contributed by atoms with Gasteiger partial charge in [0.1, 0.15) is 11.1 Å². The van der Waals surface area contributed by atoms with Gasteiger partial charge in [0.15, 0.2) is 18.1 Å². The molecule has 2 heterocycles. The molecule has 0 radical (unpaired) electrons. The Morgan fingerprint density at radius 2 is 1.90 bits per heavy atom. The summed E-state index contributed by atoms with van der Waals surface area (Å²) in [7, 11) is 0. The van der Waals surface area contributed by atoms with Crippen molar-refractivity contribution in [2.24, 2.45) is 0 Å². The van der Waals surface area contributed by atoms with Gasteiger partial charge in [0.2, 0.25) is 0 Å². The lowest BCUT2D eigenvalue weighted by atomic mass is 9.87. The van der Waals surface area contributed by atoms with E-state index in [2.05, 4.69) is 10.7 Å². The molecule has 2 N–H and O–H groups in total. The first kappa shape index (κ1) is 20.7. The Kier molecular flexibility index (Phi) is 5.08. The summed E-state index contributed by atoms with van der Waals surface area (Å²) in [6.45, 7) is 5.39. The lowest BCUT2D eigenvalue weighted by molar-refractivity contribution is -0.140. The van der Waals surface area contributed by atoms with E-state index >= 15 is 0 Å². The van der Waals surface area contributed by atoms with Crippen LogP contribution >= 0.6 is 0 Å². The van der Waals surface area contributed by atoms with Gasteiger partial charge in [0, 0.05) is 12.0 Å². The van der Waals surface area contributed by atoms with E-state index in [1.807, 2.05) is 32.0 Å². The van der Waals surface area contributed by atoms with Crippen LogP contribution in [0.25, 0.3) is 0 Å². The highest BCUT2D eigenvalue weighted by Gasteiger charge is 2.52. The van der Waals surface area contributed by atoms with Gasteiger partial charge in [-0.1, -0.05) is 49.4 Å². The molecule has 2 aromatic rings. The summed E-state index contributed by atoms with van der Waals surface area (Å²) < 4.78 is 11.6. The number of benzene rings is 2. The molecule has 2 aliphatic rings. The first-order chi connectivity index (χ1) is 14.8. The predicted octanol–water partition coefficient (Wildman–Crippen LogP) is 2.67. The van der Waals surface area contributed by atoms with E-state index < -0.39 is 23.4 Å². The van der Waals surface area contributed by atoms with Crippen LogP contribution in [0.4, 0.5) is 4.79 Å². The first-order valence-electron chi connectivity index (χ1n) is 10.2. The van der Waals surface area contributed by atoms with Gasteiger partial charge in [-0.2, -0.15) is 5.01 Å². The van der Waals surface area contributed by atoms with E-state index in [1.165, 1.54) is 0 Å². The number of para-hydroxylation sites is 1. The Hall–Kier alpha value is -3.55. The fraction of sp³-hybridized carbons (Fsp3) is 0.348. The Bertz CT molecular complexity index is 1040. The number of hydrogen-bond acceptors (Lipinski definition) is 5. The molecule has 0 aromatic heterocycles. The molecular weight excluding hydrogens is 398 g/mol. The van der Waals surface area contributed by atoms with Gasteiger partial charge < -0.3 is 14.8 Å². The van der Waals surface area contributed by atoms with Gasteiger partial charge in [-0.3, -0.25) is 15.0 Å². The number of nitrogens with one attached hydrogen (secondary N) is 2. The first-order valence-corrected chi connectivity index (χ1v) is 10.2. The largest absolute Gasteiger partial charge is 0.483 e. The van der Waals surface area contributed by atoms with Crippen LogP contribution in [-0.4, -0.2) is 35.1 Å². The van der Waals surface area contributed by atoms with Crippen LogP contribution in [0.15, 0.2) is 48.5 Å². The van der Waals surface area contributed by atoms with Crippen LogP contribution in [0.1, 0.15) is 38.3 Å². The lowest BCUT2D eigenvalue weighted by Crippen LogP contribution is -2.49. The van der Waals surface area contributed by atoms with Gasteiger partial charge >= 0.3 is 6.03 Å². The van der Waals surface area contributed by atoms with Crippen molar-refractivity contribution in [2.75, 3.05) is 6.61 Å². The lowest BCUT2D eigenvalue weighted by Gasteiger charge is -2.25. The van der Waals surface area contributed by atoms with E-state index in [0.717, 1.165) is 17.0 Å². The number of nitrogens with zero attached hydrogens (tertiary/aromatic N) is 1. The van der Waals surface area contributed by atoms with Crippen LogP contribution in [-0.2, 0) is 21.5 Å². The van der Waals surface area contributed by atoms with Crippen LogP contribution < -0.4 is 20.2 Å². The van der Waals surface area contributed by atoms with Crippen LogP contribution in [0.3, 0.4) is 0 Å². The summed E-state index contributed by atoms with van der Waals surface area (Å²) in [6, 6.07) is 13.8. The molecule has 8 nitrogen and oxygen atoms in total. The fourth-order valence-electron chi connectivity index (χ4n) is 4.04. The number of fused-ring (bicyclic) bond motifs is 1. The third-order valence-corrected chi connectivity index (χ3v) is 5.54. The maximum atomic E-state index is 13.1. The molecular formula is C23H25N3O5. The highest BCUT2D eigenvalue weighted by molar-refractivity contribution is 6.08. The van der Waals surface area contributed by atoms with Crippen molar-refractivity contribution in [3.05, 3.63) is 59.7 Å². The van der Waals surface area contributed by atoms with Gasteiger partial charge in [0.25, 0.3) is 11.8 Å². The van der Waals surface area contributed by atoms with Crippen molar-refractivity contribution < 1.29 is 23.9 Å². The third-order valence-electron chi connectivity index (χ3n) is 5.54. The average Bonchev–Trinajstić information content (AvgIpc) is 3.20. The van der Waals surface area contributed by atoms with E-state index in [4.69, 9.17) is 9.47 Å². The zero-order valence-electron chi connectivity index (χ0n) is 17.7. The maximum absolute atomic E-state index is 13.1. The number of rotatable bonds is 6. The number of amides is 4. The van der Waals surface area contributed by atoms with E-state index in [9.17, 15) is 14.4 Å². The number of urea groups is 1. The number of hydrogen-bond donors (Lipinski definition) is 2. The topological polar surface area (TPSA) is 97.0 Å². The third kappa shape index (κ3) is 3.69. The minimum Gasteiger partial charge on any atom is -0.483 e. The smallest absolute Gasteiger partial charge is 0.344 e. The second-order valence-electron chi connectivity index (χ2n) is 8.30. The number of carbonyl (C=O) groups excluding carboxylic acids is 3. The predicted molar refractivity (Wildman–Crippen MR) is 112 cm³/mol. The number of hydrazine groups is 1. The zero-order valence-corrected chi connectivity index (χ0v) is 17.7. The Balaban J connectivity index is 1.44. The summed E-state index contributed by atoms with van der Waals surface area (Å²) in [5.41, 5.74) is 2.46. The van der Waals surface area contributed by atoms with Crippen molar-refractivity contribution in [3.8, 4) is 11.5 Å². The average molecular weight is 423 g/mol. The molecule has 1 unspecified atom stereocenters. The van der Waals surface area contributed by atoms with Crippen LogP contribution in [0.5, 0.6) is 11.5 Å². The summed E-state index contributed by atoms with van der Waals surface area (Å²) in [5, 5.41) is 3.44. The van der Waals surface area contributed by atoms with Gasteiger partial charge in [-0.05, 0) is 31.9 Å². The molecule has 0 aliphatic carbocycles. The summed E-state index contributed by atoms with van der Waals surface area (Å²) in [4.78, 5) is 38.0. The van der Waals surface area contributed by atoms with Gasteiger partial charge in [0.05, 0.1) is 0 Å². The van der Waals surface area contributed by atoms with Crippen molar-refractivity contribution in [1.29, 1.82) is 0 Å². The fourth-order valence-corrected chi connectivity index (χ4v) is 4.04. The van der Waals surface area contributed by atoms with Crippen LogP contribution in [0, 0.1) is 0 Å². The molecule has 1 fully saturated rings. The van der Waals surface area contributed by atoms with Crippen molar-refractivity contribution >= 4 is 17.8 Å². The van der Waals surface area contributed by atoms with E-state index in [0.29, 0.717) is 23.5 Å². The van der Waals surface area contributed by atoms with E-state index in [-0.39, 0.29) is 12.2 Å². The molecule has 1 saturated heterocycles. The SMILES string of the molecule is CCC1(c2ccccc2)NC(=O)N(NC(=O)COc2cccc3c2OC(C)(C)C3)C1=O. The Morgan fingerprint density at radius 3 is 2.61 bits per heavy atom. The van der Waals surface area contributed by atoms with Crippen molar-refractivity contribution in [1.82, 2.24) is 15.8 Å². The molecule has 1 atom stereocenters. The molecule has 0 spiro atoms. The summed E-state index contributed by atoms with van der Waals surface area (Å²) in [6.07, 6.45) is 1.08. The normalized spacial score (nSPS) is 21.3. The number of ether oxygens (including phenoxy) is 2. The molecule has 2 aromatic carbocycles. The molecule has 0 saturated carbocycles. The molecule has 31 heavy (non-hydrogen) atoms. The van der Waals surface area contributed by atoms with Gasteiger partial charge in [-0.15, -0.1) is 0 Å². The highest BCUT2D eigenvalue weighted by Crippen LogP contribution is 2.41. The highest BCUT2D eigenvalue weighted by atomic mass is 16.5. The van der Waals surface area contributed by atoms with Crippen molar-refractivity contribution in [3.63, 3.8) is 0 Å². The minimum atomic E-state index is -1.22. The molecule has 4 rings (SSSR count). The van der Waals surface area contributed by atoms with Crippen molar-refractivity contribution in [2.45, 2.75) is 44.8 Å². The Morgan fingerprint density at radius 1 is 1.16 bits per heavy atom. The molecule has 4 amide bonds. The van der Waals surface area contributed by atoms with Crippen LogP contribution in [0.2, 0.25) is 0 Å². The number of carbonyl (C=O) groups is 3. The monoisotopic (exact) mass is 423 g/mol. The summed E-state index contributed by atoms with van der Waals surface area (Å²) in [5.74, 6) is -0.101. The standard InChI is InChI=1S/C23H25N3O5/c1-4-23(16-10-6-5-7-11-16)20(28)26(21(29)24-23)25-18(27)14-30-17-12-8-9-15-13-22(2,3)31-19(15)17/h5-12H,4,13-14H2,1-3H3,(H,24,29)(H,25,27). The Labute approximate surface area is 180 Å². The zero-order chi connectivity index (χ0) is 22.2. The molecule has 0 bridgehead atoms. The molecule has 2 aliphatic heterocycles. The maximum Gasteiger partial charge on any atom is 0.344 e. The second kappa shape index (κ2) is 7.61. The van der Waals surface area contributed by atoms with Gasteiger partial charge in [-0.25, -0.2) is 4.79 Å².